The fourth-order valence-electron chi connectivity index (χ4n) is 2.95. The lowest BCUT2D eigenvalue weighted by atomic mass is 9.86. The van der Waals surface area contributed by atoms with Crippen LogP contribution in [0.2, 0.25) is 0 Å². The summed E-state index contributed by atoms with van der Waals surface area (Å²) in [6, 6.07) is -0.544. The molecule has 0 radical (unpaired) electrons. The van der Waals surface area contributed by atoms with Crippen LogP contribution in [-0.2, 0) is 14.3 Å². The Morgan fingerprint density at radius 2 is 1.61 bits per heavy atom. The van der Waals surface area contributed by atoms with E-state index in [-0.39, 0.29) is 17.4 Å². The van der Waals surface area contributed by atoms with Crippen LogP contribution in [0.25, 0.3) is 0 Å². The lowest BCUT2D eigenvalue weighted by Gasteiger charge is -2.32. The second-order valence-electron chi connectivity index (χ2n) is 10.0. The van der Waals surface area contributed by atoms with Gasteiger partial charge in [0.2, 0.25) is 11.8 Å². The maximum Gasteiger partial charge on any atom is 0.242 e. The van der Waals surface area contributed by atoms with Gasteiger partial charge in [-0.05, 0) is 73.3 Å². The minimum atomic E-state index is -0.544. The summed E-state index contributed by atoms with van der Waals surface area (Å²) < 4.78 is 5.79. The van der Waals surface area contributed by atoms with Crippen LogP contribution in [0.5, 0.6) is 0 Å². The third kappa shape index (κ3) is 11.6. The van der Waals surface area contributed by atoms with Gasteiger partial charge in [0.1, 0.15) is 6.04 Å². The summed E-state index contributed by atoms with van der Waals surface area (Å²) in [4.78, 5) is 25.7. The van der Waals surface area contributed by atoms with Crippen LogP contribution in [0.3, 0.4) is 0 Å². The molecule has 0 saturated carbocycles. The molecule has 0 heterocycles. The highest BCUT2D eigenvalue weighted by Crippen LogP contribution is 2.23. The second kappa shape index (κ2) is 11.8. The number of hydrogen-bond donors (Lipinski definition) is 3. The fourth-order valence-corrected chi connectivity index (χ4v) is 2.95. The van der Waals surface area contributed by atoms with E-state index in [9.17, 15) is 9.59 Å². The summed E-state index contributed by atoms with van der Waals surface area (Å²) in [7, 11) is 0. The van der Waals surface area contributed by atoms with E-state index in [2.05, 4.69) is 17.6 Å². The quantitative estimate of drug-likeness (QED) is 0.413. The van der Waals surface area contributed by atoms with E-state index >= 15 is 0 Å². The first-order chi connectivity index (χ1) is 12.7. The monoisotopic (exact) mass is 399 g/mol. The number of amides is 2. The minimum Gasteiger partial charge on any atom is -0.376 e. The molecule has 0 spiro atoms. The molecule has 0 aromatic heterocycles. The van der Waals surface area contributed by atoms with Crippen molar-refractivity contribution >= 4 is 11.8 Å². The smallest absolute Gasteiger partial charge is 0.242 e. The zero-order valence-corrected chi connectivity index (χ0v) is 19.5. The number of ether oxygens (including phenoxy) is 1. The van der Waals surface area contributed by atoms with Gasteiger partial charge in [-0.1, -0.05) is 27.2 Å². The molecule has 2 amide bonds. The Kier molecular flexibility index (Phi) is 11.3. The Hall–Kier alpha value is -1.14. The lowest BCUT2D eigenvalue weighted by Crippen LogP contribution is -2.55. The van der Waals surface area contributed by atoms with Crippen molar-refractivity contribution in [2.45, 2.75) is 111 Å². The van der Waals surface area contributed by atoms with E-state index in [1.807, 2.05) is 48.5 Å². The van der Waals surface area contributed by atoms with Crippen LogP contribution in [0.1, 0.15) is 93.9 Å². The standard InChI is InChI=1S/C22H45N3O3/c1-9-13-21(5,6)19(27)24-17(12-10-11-15-23)18(26)25-22(7,8)14-16-28-20(2,3)4/h17H,9-16,23H2,1-8H3,(H,24,27)(H,25,26)/t17-/m0/s1. The first kappa shape index (κ1) is 26.9. The van der Waals surface area contributed by atoms with Gasteiger partial charge in [-0.25, -0.2) is 0 Å². The van der Waals surface area contributed by atoms with Gasteiger partial charge < -0.3 is 21.1 Å². The summed E-state index contributed by atoms with van der Waals surface area (Å²) in [5, 5.41) is 6.07. The zero-order chi connectivity index (χ0) is 22.0. The van der Waals surface area contributed by atoms with Crippen molar-refractivity contribution in [2.24, 2.45) is 11.1 Å². The number of nitrogens with two attached hydrogens (primary N) is 1. The topological polar surface area (TPSA) is 93.5 Å². The minimum absolute atomic E-state index is 0.0730. The molecule has 0 aromatic carbocycles. The van der Waals surface area contributed by atoms with E-state index in [4.69, 9.17) is 10.5 Å². The Morgan fingerprint density at radius 1 is 1.00 bits per heavy atom. The molecule has 0 unspecified atom stereocenters. The molecule has 6 nitrogen and oxygen atoms in total. The lowest BCUT2D eigenvalue weighted by molar-refractivity contribution is -0.135. The van der Waals surface area contributed by atoms with Gasteiger partial charge in [0.25, 0.3) is 0 Å². The van der Waals surface area contributed by atoms with Crippen molar-refractivity contribution in [1.29, 1.82) is 0 Å². The summed E-state index contributed by atoms with van der Waals surface area (Å²) >= 11 is 0. The third-order valence-corrected chi connectivity index (χ3v) is 4.78. The van der Waals surface area contributed by atoms with Gasteiger partial charge in [0.15, 0.2) is 0 Å². The SMILES string of the molecule is CCCC(C)(C)C(=O)N[C@@H](CCCCN)C(=O)NC(C)(C)CCOC(C)(C)C. The second-order valence-corrected chi connectivity index (χ2v) is 10.0. The van der Waals surface area contributed by atoms with Crippen molar-refractivity contribution in [2.75, 3.05) is 13.2 Å². The van der Waals surface area contributed by atoms with Crippen LogP contribution in [0, 0.1) is 5.41 Å². The maximum absolute atomic E-state index is 12.9. The van der Waals surface area contributed by atoms with Crippen molar-refractivity contribution in [3.63, 3.8) is 0 Å². The number of unbranched alkanes of at least 4 members (excludes halogenated alkanes) is 1. The molecule has 0 aliphatic heterocycles. The van der Waals surface area contributed by atoms with Gasteiger partial charge in [-0.3, -0.25) is 9.59 Å². The largest absolute Gasteiger partial charge is 0.376 e. The Labute approximate surface area is 172 Å². The van der Waals surface area contributed by atoms with E-state index in [1.54, 1.807) is 0 Å². The summed E-state index contributed by atoms with van der Waals surface area (Å²) in [6.45, 7) is 17.1. The molecule has 1 atom stereocenters. The van der Waals surface area contributed by atoms with Crippen LogP contribution in [-0.4, -0.2) is 42.1 Å². The molecule has 0 rings (SSSR count). The molecule has 0 aromatic rings. The number of carbonyl (C=O) groups is 2. The molecule has 0 bridgehead atoms. The van der Waals surface area contributed by atoms with Crippen LogP contribution in [0.15, 0.2) is 0 Å². The molecule has 0 aliphatic carbocycles. The predicted molar refractivity (Wildman–Crippen MR) is 116 cm³/mol. The molecule has 6 heteroatoms. The first-order valence-electron chi connectivity index (χ1n) is 10.7. The zero-order valence-electron chi connectivity index (χ0n) is 19.5. The van der Waals surface area contributed by atoms with Crippen LogP contribution >= 0.6 is 0 Å². The highest BCUT2D eigenvalue weighted by atomic mass is 16.5. The number of nitrogens with one attached hydrogen (secondary N) is 2. The molecule has 4 N–H and O–H groups in total. The molecular formula is C22H45N3O3. The van der Waals surface area contributed by atoms with E-state index in [0.29, 0.717) is 26.0 Å². The van der Waals surface area contributed by atoms with E-state index in [0.717, 1.165) is 25.7 Å². The van der Waals surface area contributed by atoms with E-state index < -0.39 is 17.0 Å². The molecule has 0 fully saturated rings. The average molecular weight is 400 g/mol. The van der Waals surface area contributed by atoms with Gasteiger partial charge in [0.05, 0.1) is 5.60 Å². The highest BCUT2D eigenvalue weighted by Gasteiger charge is 2.32. The number of hydrogen-bond acceptors (Lipinski definition) is 4. The van der Waals surface area contributed by atoms with Gasteiger partial charge in [-0.15, -0.1) is 0 Å². The fraction of sp³-hybridized carbons (Fsp3) is 0.909. The van der Waals surface area contributed by atoms with E-state index in [1.165, 1.54) is 0 Å². The first-order valence-corrected chi connectivity index (χ1v) is 10.7. The number of rotatable bonds is 13. The summed E-state index contributed by atoms with van der Waals surface area (Å²) in [5.74, 6) is -0.213. The van der Waals surface area contributed by atoms with Gasteiger partial charge in [-0.2, -0.15) is 0 Å². The van der Waals surface area contributed by atoms with Gasteiger partial charge in [0, 0.05) is 17.6 Å². The average Bonchev–Trinajstić information content (AvgIpc) is 2.51. The highest BCUT2D eigenvalue weighted by molar-refractivity contribution is 5.90. The molecular weight excluding hydrogens is 354 g/mol. The number of carbonyl (C=O) groups excluding carboxylic acids is 2. The van der Waals surface area contributed by atoms with Crippen molar-refractivity contribution in [3.8, 4) is 0 Å². The Balaban J connectivity index is 4.97. The molecule has 28 heavy (non-hydrogen) atoms. The Morgan fingerprint density at radius 3 is 2.11 bits per heavy atom. The Bertz CT molecular complexity index is 482. The molecule has 0 aliphatic rings. The summed E-state index contributed by atoms with van der Waals surface area (Å²) in [5.41, 5.74) is 4.48. The van der Waals surface area contributed by atoms with Crippen molar-refractivity contribution in [1.82, 2.24) is 10.6 Å². The normalized spacial score (nSPS) is 13.9. The van der Waals surface area contributed by atoms with Crippen LogP contribution < -0.4 is 16.4 Å². The maximum atomic E-state index is 12.9. The summed E-state index contributed by atoms with van der Waals surface area (Å²) in [6.07, 6.45) is 4.63. The third-order valence-electron chi connectivity index (χ3n) is 4.78. The van der Waals surface area contributed by atoms with Gasteiger partial charge >= 0.3 is 0 Å². The molecule has 0 saturated heterocycles. The van der Waals surface area contributed by atoms with Crippen molar-refractivity contribution < 1.29 is 14.3 Å². The molecule has 166 valence electrons. The van der Waals surface area contributed by atoms with Crippen LogP contribution in [0.4, 0.5) is 0 Å². The van der Waals surface area contributed by atoms with Crippen molar-refractivity contribution in [3.05, 3.63) is 0 Å². The predicted octanol–water partition coefficient (Wildman–Crippen LogP) is 3.53.